The maximum absolute atomic E-state index is 5.96. The van der Waals surface area contributed by atoms with Crippen LogP contribution in [0.5, 0.6) is 0 Å². The molecular formula is C18H22N8S. The molecule has 1 fully saturated rings. The molecule has 0 amide bonds. The van der Waals surface area contributed by atoms with Gasteiger partial charge < -0.3 is 16.0 Å². The van der Waals surface area contributed by atoms with Crippen molar-refractivity contribution in [3.05, 3.63) is 47.9 Å². The molecule has 8 nitrogen and oxygen atoms in total. The van der Waals surface area contributed by atoms with Crippen molar-refractivity contribution >= 4 is 29.0 Å². The minimum absolute atomic E-state index is 0.197. The summed E-state index contributed by atoms with van der Waals surface area (Å²) in [7, 11) is 0. The highest BCUT2D eigenvalue weighted by molar-refractivity contribution is 8.02. The van der Waals surface area contributed by atoms with Crippen LogP contribution >= 0.6 is 11.8 Å². The summed E-state index contributed by atoms with van der Waals surface area (Å²) < 4.78 is 1.81. The number of H-pyrrole nitrogens is 1. The van der Waals surface area contributed by atoms with Gasteiger partial charge in [0.05, 0.1) is 17.4 Å². The van der Waals surface area contributed by atoms with Gasteiger partial charge in [-0.2, -0.15) is 14.7 Å². The first-order valence-corrected chi connectivity index (χ1v) is 9.84. The van der Waals surface area contributed by atoms with Crippen LogP contribution in [-0.4, -0.2) is 50.2 Å². The lowest BCUT2D eigenvalue weighted by Crippen LogP contribution is -2.56. The van der Waals surface area contributed by atoms with E-state index in [2.05, 4.69) is 32.1 Å². The van der Waals surface area contributed by atoms with Gasteiger partial charge in [0, 0.05) is 42.5 Å². The van der Waals surface area contributed by atoms with E-state index in [1.54, 1.807) is 18.0 Å². The Kier molecular flexibility index (Phi) is 4.63. The third kappa shape index (κ3) is 3.43. The summed E-state index contributed by atoms with van der Waals surface area (Å²) in [5.74, 6) is 1.72. The molecule has 3 aromatic heterocycles. The summed E-state index contributed by atoms with van der Waals surface area (Å²) >= 11 is 1.62. The number of anilines is 2. The lowest BCUT2D eigenvalue weighted by atomic mass is 10.1. The van der Waals surface area contributed by atoms with Crippen molar-refractivity contribution in [3.8, 4) is 11.1 Å². The predicted molar refractivity (Wildman–Crippen MR) is 111 cm³/mol. The van der Waals surface area contributed by atoms with E-state index in [4.69, 9.17) is 10.7 Å². The van der Waals surface area contributed by atoms with E-state index in [0.29, 0.717) is 0 Å². The molecule has 0 spiro atoms. The average molecular weight is 382 g/mol. The molecule has 0 aromatic carbocycles. The molecular weight excluding hydrogens is 360 g/mol. The summed E-state index contributed by atoms with van der Waals surface area (Å²) in [4.78, 5) is 7.02. The number of nitrogens with zero attached hydrogens (tertiary/aromatic N) is 5. The zero-order valence-electron chi connectivity index (χ0n) is 15.3. The highest BCUT2D eigenvalue weighted by Crippen LogP contribution is 2.30. The minimum Gasteiger partial charge on any atom is -0.353 e. The SMILES string of the molecule is C=C(C)/C=C(/Nc1cc(N2CC(N)C2)nc2c(-c3cn[nH]c3)cnn12)SC. The van der Waals surface area contributed by atoms with Crippen molar-refractivity contribution in [1.29, 1.82) is 0 Å². The summed E-state index contributed by atoms with van der Waals surface area (Å²) in [5.41, 5.74) is 9.58. The highest BCUT2D eigenvalue weighted by Gasteiger charge is 2.26. The van der Waals surface area contributed by atoms with Crippen molar-refractivity contribution in [3.63, 3.8) is 0 Å². The molecule has 4 heterocycles. The number of aromatic nitrogens is 5. The second-order valence-electron chi connectivity index (χ2n) is 6.63. The summed E-state index contributed by atoms with van der Waals surface area (Å²) in [6, 6.07) is 2.20. The monoisotopic (exact) mass is 382 g/mol. The first kappa shape index (κ1) is 17.6. The maximum Gasteiger partial charge on any atom is 0.167 e. The minimum atomic E-state index is 0.197. The lowest BCUT2D eigenvalue weighted by molar-refractivity contribution is 0.514. The fraction of sp³-hybridized carbons (Fsp3) is 0.278. The highest BCUT2D eigenvalue weighted by atomic mass is 32.2. The third-order valence-electron chi connectivity index (χ3n) is 4.35. The number of nitrogens with one attached hydrogen (secondary N) is 2. The number of hydrogen-bond acceptors (Lipinski definition) is 7. The Labute approximate surface area is 161 Å². The Morgan fingerprint density at radius 1 is 1.44 bits per heavy atom. The fourth-order valence-electron chi connectivity index (χ4n) is 3.00. The van der Waals surface area contributed by atoms with Gasteiger partial charge in [-0.1, -0.05) is 12.2 Å². The smallest absolute Gasteiger partial charge is 0.167 e. The van der Waals surface area contributed by atoms with Gasteiger partial charge in [-0.25, -0.2) is 4.98 Å². The number of hydrogen-bond donors (Lipinski definition) is 3. The van der Waals surface area contributed by atoms with E-state index < -0.39 is 0 Å². The van der Waals surface area contributed by atoms with E-state index in [0.717, 1.165) is 52.1 Å². The average Bonchev–Trinajstić information content (AvgIpc) is 3.26. The van der Waals surface area contributed by atoms with Crippen molar-refractivity contribution in [2.75, 3.05) is 29.6 Å². The zero-order chi connectivity index (χ0) is 19.0. The molecule has 0 radical (unpaired) electrons. The van der Waals surface area contributed by atoms with E-state index in [1.807, 2.05) is 42.2 Å². The first-order valence-electron chi connectivity index (χ1n) is 8.62. The quantitative estimate of drug-likeness (QED) is 0.563. The van der Waals surface area contributed by atoms with E-state index in [9.17, 15) is 0 Å². The molecule has 27 heavy (non-hydrogen) atoms. The van der Waals surface area contributed by atoms with Crippen LogP contribution in [0.4, 0.5) is 11.6 Å². The van der Waals surface area contributed by atoms with Crippen LogP contribution in [0.25, 0.3) is 16.8 Å². The van der Waals surface area contributed by atoms with Gasteiger partial charge in [-0.15, -0.1) is 11.8 Å². The Morgan fingerprint density at radius 3 is 2.89 bits per heavy atom. The second kappa shape index (κ2) is 7.09. The van der Waals surface area contributed by atoms with Gasteiger partial charge in [0.15, 0.2) is 5.65 Å². The van der Waals surface area contributed by atoms with Crippen molar-refractivity contribution in [2.24, 2.45) is 5.73 Å². The topological polar surface area (TPSA) is 100 Å². The van der Waals surface area contributed by atoms with E-state index in [1.165, 1.54) is 0 Å². The van der Waals surface area contributed by atoms with Crippen LogP contribution < -0.4 is 16.0 Å². The number of aromatic amines is 1. The van der Waals surface area contributed by atoms with Crippen LogP contribution in [0.1, 0.15) is 6.92 Å². The summed E-state index contributed by atoms with van der Waals surface area (Å²) in [6.07, 6.45) is 9.45. The third-order valence-corrected chi connectivity index (χ3v) is 5.01. The van der Waals surface area contributed by atoms with Gasteiger partial charge in [0.25, 0.3) is 0 Å². The van der Waals surface area contributed by atoms with Gasteiger partial charge in [-0.05, 0) is 19.3 Å². The number of nitrogens with two attached hydrogens (primary N) is 1. The number of allylic oxidation sites excluding steroid dienone is 2. The Balaban J connectivity index is 1.82. The molecule has 9 heteroatoms. The van der Waals surface area contributed by atoms with Gasteiger partial charge in [0.2, 0.25) is 0 Å². The van der Waals surface area contributed by atoms with Gasteiger partial charge in [-0.3, -0.25) is 5.10 Å². The molecule has 140 valence electrons. The number of thioether (sulfide) groups is 1. The Morgan fingerprint density at radius 2 is 2.26 bits per heavy atom. The molecule has 4 N–H and O–H groups in total. The van der Waals surface area contributed by atoms with Crippen molar-refractivity contribution in [2.45, 2.75) is 13.0 Å². The second-order valence-corrected chi connectivity index (χ2v) is 7.48. The molecule has 1 aliphatic heterocycles. The summed E-state index contributed by atoms with van der Waals surface area (Å²) in [5, 5.41) is 15.9. The predicted octanol–water partition coefficient (Wildman–Crippen LogP) is 2.46. The van der Waals surface area contributed by atoms with Gasteiger partial charge >= 0.3 is 0 Å². The number of rotatable bonds is 6. The molecule has 0 unspecified atom stereocenters. The van der Waals surface area contributed by atoms with Crippen LogP contribution in [0.15, 0.2) is 47.9 Å². The van der Waals surface area contributed by atoms with Crippen LogP contribution in [0, 0.1) is 0 Å². The lowest BCUT2D eigenvalue weighted by Gasteiger charge is -2.38. The molecule has 0 saturated carbocycles. The van der Waals surface area contributed by atoms with E-state index >= 15 is 0 Å². The summed E-state index contributed by atoms with van der Waals surface area (Å²) in [6.45, 7) is 7.54. The van der Waals surface area contributed by atoms with E-state index in [-0.39, 0.29) is 6.04 Å². The molecule has 0 aliphatic carbocycles. The number of fused-ring (bicyclic) bond motifs is 1. The largest absolute Gasteiger partial charge is 0.353 e. The fourth-order valence-corrected chi connectivity index (χ4v) is 3.52. The van der Waals surface area contributed by atoms with Crippen LogP contribution in [0.2, 0.25) is 0 Å². The Bertz CT molecular complexity index is 998. The van der Waals surface area contributed by atoms with Crippen LogP contribution in [0.3, 0.4) is 0 Å². The molecule has 0 atom stereocenters. The first-order chi connectivity index (χ1) is 13.0. The molecule has 4 rings (SSSR count). The molecule has 3 aromatic rings. The normalized spacial score (nSPS) is 15.2. The Hall–Kier alpha value is -2.78. The molecule has 1 aliphatic rings. The van der Waals surface area contributed by atoms with Crippen LogP contribution in [-0.2, 0) is 0 Å². The van der Waals surface area contributed by atoms with Crippen molar-refractivity contribution < 1.29 is 0 Å². The maximum atomic E-state index is 5.96. The van der Waals surface area contributed by atoms with Crippen molar-refractivity contribution in [1.82, 2.24) is 24.8 Å². The standard InChI is InChI=1S/C18H22N8S/c1-11(2)4-17(27-3)23-16-5-15(25-9-13(19)10-25)24-18-14(8-22-26(16)18)12-6-20-21-7-12/h4-8,13,23H,1,9-10,19H2,2-3H3,(H,20,21)/b17-4-. The molecule has 1 saturated heterocycles. The van der Waals surface area contributed by atoms with Gasteiger partial charge in [0.1, 0.15) is 11.6 Å². The molecule has 0 bridgehead atoms. The zero-order valence-corrected chi connectivity index (χ0v) is 16.1.